The van der Waals surface area contributed by atoms with Crippen molar-refractivity contribution < 1.29 is 14.5 Å². The number of carbonyl (C=O) groups is 2. The minimum Gasteiger partial charge on any atom is -0.355 e. The highest BCUT2D eigenvalue weighted by Crippen LogP contribution is 2.24. The van der Waals surface area contributed by atoms with Crippen LogP contribution < -0.4 is 5.32 Å². The summed E-state index contributed by atoms with van der Waals surface area (Å²) in [5.74, 6) is -0.448. The first-order valence-electron chi connectivity index (χ1n) is 8.14. The van der Waals surface area contributed by atoms with Gasteiger partial charge in [0.05, 0.1) is 11.5 Å². The number of benzene rings is 1. The monoisotopic (exact) mass is 368 g/mol. The lowest BCUT2D eigenvalue weighted by molar-refractivity contribution is -0.385. The lowest BCUT2D eigenvalue weighted by Crippen LogP contribution is -2.51. The molecule has 1 aromatic rings. The predicted molar refractivity (Wildman–Crippen MR) is 93.8 cm³/mol. The maximum atomic E-state index is 12.6. The molecule has 1 N–H and O–H groups in total. The van der Waals surface area contributed by atoms with Gasteiger partial charge in [-0.25, -0.2) is 0 Å². The van der Waals surface area contributed by atoms with Crippen molar-refractivity contribution in [2.45, 2.75) is 13.3 Å². The average molecular weight is 369 g/mol. The summed E-state index contributed by atoms with van der Waals surface area (Å²) in [4.78, 5) is 38.4. The Morgan fingerprint density at radius 3 is 2.56 bits per heavy atom. The van der Waals surface area contributed by atoms with Crippen LogP contribution in [0.25, 0.3) is 0 Å². The van der Waals surface area contributed by atoms with Gasteiger partial charge in [0.1, 0.15) is 5.56 Å². The maximum Gasteiger partial charge on any atom is 0.282 e. The minimum absolute atomic E-state index is 0.00774. The number of nitrogens with zero attached hydrogens (tertiary/aromatic N) is 3. The third-order valence-electron chi connectivity index (χ3n) is 3.98. The van der Waals surface area contributed by atoms with Gasteiger partial charge in [-0.1, -0.05) is 18.5 Å². The van der Waals surface area contributed by atoms with E-state index in [1.165, 1.54) is 18.2 Å². The molecule has 1 saturated heterocycles. The van der Waals surface area contributed by atoms with Crippen LogP contribution >= 0.6 is 11.6 Å². The van der Waals surface area contributed by atoms with Crippen molar-refractivity contribution >= 4 is 29.1 Å². The van der Waals surface area contributed by atoms with Gasteiger partial charge in [0.25, 0.3) is 11.6 Å². The fraction of sp³-hybridized carbons (Fsp3) is 0.500. The van der Waals surface area contributed by atoms with Gasteiger partial charge in [-0.05, 0) is 18.6 Å². The van der Waals surface area contributed by atoms with Crippen molar-refractivity contribution in [1.82, 2.24) is 15.1 Å². The molecule has 136 valence electrons. The fourth-order valence-electron chi connectivity index (χ4n) is 2.64. The van der Waals surface area contributed by atoms with Crippen LogP contribution in [-0.4, -0.2) is 65.8 Å². The van der Waals surface area contributed by atoms with Crippen molar-refractivity contribution in [2.24, 2.45) is 0 Å². The largest absolute Gasteiger partial charge is 0.355 e. The van der Waals surface area contributed by atoms with Crippen LogP contribution in [0, 0.1) is 10.1 Å². The molecule has 0 saturated carbocycles. The highest BCUT2D eigenvalue weighted by atomic mass is 35.5. The fourth-order valence-corrected chi connectivity index (χ4v) is 2.81. The molecule has 1 fully saturated rings. The standard InChI is InChI=1S/C16H21ClN4O4/c1-2-5-18-15(22)11-19-6-8-20(9-7-19)16(23)13-10-12(17)3-4-14(13)21(24)25/h3-4,10H,2,5-9,11H2,1H3,(H,18,22). The molecule has 0 bridgehead atoms. The number of nitro benzene ring substituents is 1. The summed E-state index contributed by atoms with van der Waals surface area (Å²) in [6.07, 6.45) is 0.881. The topological polar surface area (TPSA) is 95.8 Å². The van der Waals surface area contributed by atoms with Gasteiger partial charge in [0.2, 0.25) is 5.91 Å². The second-order valence-electron chi connectivity index (χ2n) is 5.84. The van der Waals surface area contributed by atoms with Crippen LogP contribution in [0.15, 0.2) is 18.2 Å². The molecule has 0 aliphatic carbocycles. The molecule has 0 unspecified atom stereocenters. The van der Waals surface area contributed by atoms with Gasteiger partial charge >= 0.3 is 0 Å². The molecule has 1 aromatic carbocycles. The van der Waals surface area contributed by atoms with Crippen molar-refractivity contribution in [2.75, 3.05) is 39.3 Å². The summed E-state index contributed by atoms with van der Waals surface area (Å²) in [6.45, 7) is 4.82. The molecule has 25 heavy (non-hydrogen) atoms. The number of piperazine rings is 1. The molecule has 1 aliphatic heterocycles. The average Bonchev–Trinajstić information content (AvgIpc) is 2.59. The smallest absolute Gasteiger partial charge is 0.282 e. The van der Waals surface area contributed by atoms with Crippen LogP contribution in [0.1, 0.15) is 23.7 Å². The lowest BCUT2D eigenvalue weighted by atomic mass is 10.1. The number of amides is 2. The Balaban J connectivity index is 1.97. The quantitative estimate of drug-likeness (QED) is 0.606. The molecule has 2 amide bonds. The van der Waals surface area contributed by atoms with Gasteiger partial charge in [-0.3, -0.25) is 24.6 Å². The third-order valence-corrected chi connectivity index (χ3v) is 4.22. The number of nitro groups is 1. The SMILES string of the molecule is CCCNC(=O)CN1CCN(C(=O)c2cc(Cl)ccc2[N+](=O)[O-])CC1. The normalized spacial score (nSPS) is 15.0. The summed E-state index contributed by atoms with van der Waals surface area (Å²) in [5.41, 5.74) is -0.262. The van der Waals surface area contributed by atoms with Crippen LogP contribution in [0.4, 0.5) is 5.69 Å². The van der Waals surface area contributed by atoms with Crippen LogP contribution in [-0.2, 0) is 4.79 Å². The Morgan fingerprint density at radius 2 is 1.96 bits per heavy atom. The van der Waals surface area contributed by atoms with E-state index in [-0.39, 0.29) is 22.2 Å². The highest BCUT2D eigenvalue weighted by molar-refractivity contribution is 6.31. The van der Waals surface area contributed by atoms with Crippen LogP contribution in [0.3, 0.4) is 0 Å². The number of hydrogen-bond donors (Lipinski definition) is 1. The summed E-state index contributed by atoms with van der Waals surface area (Å²) in [6, 6.07) is 3.96. The summed E-state index contributed by atoms with van der Waals surface area (Å²) in [7, 11) is 0. The van der Waals surface area contributed by atoms with E-state index in [2.05, 4.69) is 5.32 Å². The van der Waals surface area contributed by atoms with E-state index in [4.69, 9.17) is 11.6 Å². The summed E-state index contributed by atoms with van der Waals surface area (Å²) < 4.78 is 0. The van der Waals surface area contributed by atoms with Crippen molar-refractivity contribution in [3.63, 3.8) is 0 Å². The second kappa shape index (κ2) is 8.77. The van der Waals surface area contributed by atoms with E-state index in [1.54, 1.807) is 4.90 Å². The Hall–Kier alpha value is -2.19. The first kappa shape index (κ1) is 19.1. The minimum atomic E-state index is -0.585. The van der Waals surface area contributed by atoms with Gasteiger partial charge in [-0.15, -0.1) is 0 Å². The van der Waals surface area contributed by atoms with E-state index < -0.39 is 10.8 Å². The first-order valence-corrected chi connectivity index (χ1v) is 8.52. The summed E-state index contributed by atoms with van der Waals surface area (Å²) in [5, 5.41) is 14.2. The van der Waals surface area contributed by atoms with E-state index in [9.17, 15) is 19.7 Å². The lowest BCUT2D eigenvalue weighted by Gasteiger charge is -2.34. The molecular weight excluding hydrogens is 348 g/mol. The molecule has 0 radical (unpaired) electrons. The summed E-state index contributed by atoms with van der Waals surface area (Å²) >= 11 is 5.88. The van der Waals surface area contributed by atoms with Crippen LogP contribution in [0.5, 0.6) is 0 Å². The number of hydrogen-bond acceptors (Lipinski definition) is 5. The van der Waals surface area contributed by atoms with Gasteiger partial charge in [-0.2, -0.15) is 0 Å². The Morgan fingerprint density at radius 1 is 1.28 bits per heavy atom. The molecule has 9 heteroatoms. The zero-order chi connectivity index (χ0) is 18.4. The molecule has 1 heterocycles. The number of halogens is 1. The molecular formula is C16H21ClN4O4. The molecule has 8 nitrogen and oxygen atoms in total. The van der Waals surface area contributed by atoms with Gasteiger partial charge in [0, 0.05) is 43.8 Å². The third kappa shape index (κ3) is 5.14. The molecule has 2 rings (SSSR count). The molecule has 1 aliphatic rings. The molecule has 0 spiro atoms. The Labute approximate surface area is 150 Å². The predicted octanol–water partition coefficient (Wildman–Crippen LogP) is 1.53. The molecule has 0 atom stereocenters. The maximum absolute atomic E-state index is 12.6. The van der Waals surface area contributed by atoms with E-state index in [0.717, 1.165) is 6.42 Å². The number of rotatable bonds is 6. The number of nitrogens with one attached hydrogen (secondary N) is 1. The van der Waals surface area contributed by atoms with E-state index >= 15 is 0 Å². The zero-order valence-corrected chi connectivity index (χ0v) is 14.8. The van der Waals surface area contributed by atoms with Gasteiger partial charge in [0.15, 0.2) is 0 Å². The van der Waals surface area contributed by atoms with E-state index in [0.29, 0.717) is 39.3 Å². The molecule has 0 aromatic heterocycles. The van der Waals surface area contributed by atoms with Crippen molar-refractivity contribution in [1.29, 1.82) is 0 Å². The Kier molecular flexibility index (Phi) is 6.72. The van der Waals surface area contributed by atoms with Crippen LogP contribution in [0.2, 0.25) is 5.02 Å². The van der Waals surface area contributed by atoms with Gasteiger partial charge < -0.3 is 10.2 Å². The first-order chi connectivity index (χ1) is 11.9. The van der Waals surface area contributed by atoms with E-state index in [1.807, 2.05) is 11.8 Å². The number of carbonyl (C=O) groups excluding carboxylic acids is 2. The second-order valence-corrected chi connectivity index (χ2v) is 6.27. The highest BCUT2D eigenvalue weighted by Gasteiger charge is 2.28. The Bertz CT molecular complexity index is 660. The van der Waals surface area contributed by atoms with Crippen molar-refractivity contribution in [3.8, 4) is 0 Å². The van der Waals surface area contributed by atoms with Crippen molar-refractivity contribution in [3.05, 3.63) is 38.9 Å². The zero-order valence-electron chi connectivity index (χ0n) is 14.0.